The van der Waals surface area contributed by atoms with E-state index in [1.807, 2.05) is 0 Å². The van der Waals surface area contributed by atoms with Crippen LogP contribution in [0.3, 0.4) is 0 Å². The lowest BCUT2D eigenvalue weighted by atomic mass is 10.1. The van der Waals surface area contributed by atoms with Gasteiger partial charge in [-0.05, 0) is 24.6 Å². The number of carbonyl (C=O) groups is 2. The predicted molar refractivity (Wildman–Crippen MR) is 78.4 cm³/mol. The maximum Gasteiger partial charge on any atom is 0.220 e. The van der Waals surface area contributed by atoms with E-state index in [1.54, 1.807) is 18.2 Å². The molecule has 2 aliphatic rings. The molecule has 0 spiro atoms. The van der Waals surface area contributed by atoms with Crippen LogP contribution < -0.4 is 14.8 Å². The number of rotatable bonds is 5. The van der Waals surface area contributed by atoms with E-state index in [2.05, 4.69) is 5.32 Å². The maximum absolute atomic E-state index is 12.2. The van der Waals surface area contributed by atoms with Crippen molar-refractivity contribution < 1.29 is 23.8 Å². The van der Waals surface area contributed by atoms with Crippen molar-refractivity contribution in [3.8, 4) is 11.5 Å². The zero-order valence-corrected chi connectivity index (χ0v) is 12.3. The van der Waals surface area contributed by atoms with Crippen molar-refractivity contribution in [1.82, 2.24) is 5.32 Å². The summed E-state index contributed by atoms with van der Waals surface area (Å²) in [4.78, 5) is 24.0. The molecule has 0 bridgehead atoms. The molecule has 2 heterocycles. The molecule has 0 saturated carbocycles. The van der Waals surface area contributed by atoms with Crippen LogP contribution in [0.1, 0.15) is 29.6 Å². The average molecular weight is 305 g/mol. The summed E-state index contributed by atoms with van der Waals surface area (Å²) in [6, 6.07) is 5.20. The number of Topliss-reactive ketones (excluding diaryl/α,β-unsaturated/α-hetero) is 1. The molecule has 1 unspecified atom stereocenters. The van der Waals surface area contributed by atoms with Gasteiger partial charge in [-0.25, -0.2) is 0 Å². The van der Waals surface area contributed by atoms with E-state index >= 15 is 0 Å². The van der Waals surface area contributed by atoms with Gasteiger partial charge < -0.3 is 19.5 Å². The van der Waals surface area contributed by atoms with Crippen molar-refractivity contribution in [3.05, 3.63) is 23.8 Å². The smallest absolute Gasteiger partial charge is 0.220 e. The number of hydrogen-bond donors (Lipinski definition) is 1. The van der Waals surface area contributed by atoms with Crippen molar-refractivity contribution in [2.75, 3.05) is 26.4 Å². The monoisotopic (exact) mass is 305 g/mol. The Morgan fingerprint density at radius 3 is 2.68 bits per heavy atom. The van der Waals surface area contributed by atoms with Gasteiger partial charge in [0.05, 0.1) is 12.6 Å². The first-order valence-corrected chi connectivity index (χ1v) is 7.52. The Kier molecular flexibility index (Phi) is 4.58. The molecule has 0 aliphatic carbocycles. The van der Waals surface area contributed by atoms with E-state index < -0.39 is 0 Å². The third-order valence-corrected chi connectivity index (χ3v) is 3.74. The number of amides is 1. The van der Waals surface area contributed by atoms with Crippen molar-refractivity contribution in [2.45, 2.75) is 25.3 Å². The van der Waals surface area contributed by atoms with Gasteiger partial charge in [-0.1, -0.05) is 0 Å². The van der Waals surface area contributed by atoms with Crippen LogP contribution in [0, 0.1) is 0 Å². The van der Waals surface area contributed by atoms with Gasteiger partial charge in [-0.2, -0.15) is 0 Å². The number of ether oxygens (including phenoxy) is 3. The van der Waals surface area contributed by atoms with Gasteiger partial charge in [0.2, 0.25) is 5.91 Å². The van der Waals surface area contributed by atoms with E-state index in [0.29, 0.717) is 43.5 Å². The molecule has 1 fully saturated rings. The van der Waals surface area contributed by atoms with Crippen LogP contribution in [-0.2, 0) is 9.53 Å². The van der Waals surface area contributed by atoms with Crippen LogP contribution in [0.25, 0.3) is 0 Å². The molecular weight excluding hydrogens is 286 g/mol. The van der Waals surface area contributed by atoms with E-state index in [9.17, 15) is 9.59 Å². The molecule has 1 aromatic carbocycles. The molecule has 1 amide bonds. The zero-order chi connectivity index (χ0) is 15.4. The van der Waals surface area contributed by atoms with Crippen molar-refractivity contribution in [2.24, 2.45) is 0 Å². The lowest BCUT2D eigenvalue weighted by Crippen LogP contribution is -2.35. The second-order valence-electron chi connectivity index (χ2n) is 5.41. The molecule has 1 saturated heterocycles. The van der Waals surface area contributed by atoms with Crippen LogP contribution in [-0.4, -0.2) is 44.2 Å². The summed E-state index contributed by atoms with van der Waals surface area (Å²) in [6.07, 6.45) is 1.20. The molecule has 3 rings (SSSR count). The largest absolute Gasteiger partial charge is 0.486 e. The van der Waals surface area contributed by atoms with E-state index in [-0.39, 0.29) is 30.6 Å². The normalized spacial score (nSPS) is 19.7. The van der Waals surface area contributed by atoms with Crippen LogP contribution in [0.4, 0.5) is 0 Å². The number of nitrogens with one attached hydrogen (secondary N) is 1. The molecule has 0 aromatic heterocycles. The average Bonchev–Trinajstić information content (AvgIpc) is 3.05. The van der Waals surface area contributed by atoms with Gasteiger partial charge in [-0.15, -0.1) is 0 Å². The first kappa shape index (κ1) is 14.8. The predicted octanol–water partition coefficient (Wildman–Crippen LogP) is 1.33. The minimum absolute atomic E-state index is 0.0743. The first-order valence-electron chi connectivity index (χ1n) is 7.52. The highest BCUT2D eigenvalue weighted by Crippen LogP contribution is 2.31. The summed E-state index contributed by atoms with van der Waals surface area (Å²) in [6.45, 7) is 2.24. The van der Waals surface area contributed by atoms with Gasteiger partial charge in [0, 0.05) is 25.0 Å². The second-order valence-corrected chi connectivity index (χ2v) is 5.41. The van der Waals surface area contributed by atoms with Gasteiger partial charge in [0.1, 0.15) is 13.2 Å². The molecule has 1 atom stereocenters. The Morgan fingerprint density at radius 1 is 1.09 bits per heavy atom. The fourth-order valence-corrected chi connectivity index (χ4v) is 2.54. The molecule has 0 radical (unpaired) electrons. The van der Waals surface area contributed by atoms with Crippen molar-refractivity contribution >= 4 is 11.7 Å². The zero-order valence-electron chi connectivity index (χ0n) is 12.3. The molecule has 6 nitrogen and oxygen atoms in total. The number of carbonyl (C=O) groups excluding carboxylic acids is 2. The fraction of sp³-hybridized carbons (Fsp3) is 0.500. The minimum atomic E-state index is -0.110. The number of hydrogen-bond acceptors (Lipinski definition) is 5. The number of benzene rings is 1. The van der Waals surface area contributed by atoms with Crippen LogP contribution >= 0.6 is 0 Å². The molecule has 1 aromatic rings. The lowest BCUT2D eigenvalue weighted by Gasteiger charge is -2.18. The number of ketones is 1. The molecule has 6 heteroatoms. The summed E-state index contributed by atoms with van der Waals surface area (Å²) in [5, 5.41) is 2.87. The fourth-order valence-electron chi connectivity index (χ4n) is 2.54. The van der Waals surface area contributed by atoms with E-state index in [0.717, 1.165) is 6.42 Å². The molecular formula is C16H19NO5. The van der Waals surface area contributed by atoms with E-state index in [4.69, 9.17) is 14.2 Å². The maximum atomic E-state index is 12.2. The summed E-state index contributed by atoms with van der Waals surface area (Å²) < 4.78 is 16.1. The summed E-state index contributed by atoms with van der Waals surface area (Å²) in [7, 11) is 0. The third-order valence-electron chi connectivity index (χ3n) is 3.74. The van der Waals surface area contributed by atoms with Crippen LogP contribution in [0.5, 0.6) is 11.5 Å². The van der Waals surface area contributed by atoms with Crippen LogP contribution in [0.15, 0.2) is 18.2 Å². The lowest BCUT2D eigenvalue weighted by molar-refractivity contribution is -0.121. The van der Waals surface area contributed by atoms with Gasteiger partial charge in [0.25, 0.3) is 0 Å². The molecule has 1 N–H and O–H groups in total. The first-order chi connectivity index (χ1) is 10.7. The summed E-state index contributed by atoms with van der Waals surface area (Å²) in [5.74, 6) is 1.06. The molecule has 2 aliphatic heterocycles. The minimum Gasteiger partial charge on any atom is -0.486 e. The molecule has 22 heavy (non-hydrogen) atoms. The Balaban J connectivity index is 1.52. The SMILES string of the molecule is O=C(CCC(=O)c1ccc2c(c1)OCCO2)NC1CCOC1. The third kappa shape index (κ3) is 3.57. The van der Waals surface area contributed by atoms with Crippen molar-refractivity contribution in [1.29, 1.82) is 0 Å². The van der Waals surface area contributed by atoms with Crippen LogP contribution in [0.2, 0.25) is 0 Å². The van der Waals surface area contributed by atoms with Gasteiger partial charge in [-0.3, -0.25) is 9.59 Å². The quantitative estimate of drug-likeness (QED) is 0.831. The topological polar surface area (TPSA) is 73.9 Å². The number of fused-ring (bicyclic) bond motifs is 1. The Bertz CT molecular complexity index is 566. The summed E-state index contributed by atoms with van der Waals surface area (Å²) in [5.41, 5.74) is 0.543. The second kappa shape index (κ2) is 6.79. The highest BCUT2D eigenvalue weighted by atomic mass is 16.6. The highest BCUT2D eigenvalue weighted by molar-refractivity contribution is 5.98. The highest BCUT2D eigenvalue weighted by Gasteiger charge is 2.19. The van der Waals surface area contributed by atoms with E-state index in [1.165, 1.54) is 0 Å². The molecule has 118 valence electrons. The standard InChI is InChI=1S/C16H19NO5/c18-13(2-4-16(19)17-12-5-6-20-10-12)11-1-3-14-15(9-11)22-8-7-21-14/h1,3,9,12H,2,4-8,10H2,(H,17,19). The van der Waals surface area contributed by atoms with Gasteiger partial charge >= 0.3 is 0 Å². The van der Waals surface area contributed by atoms with Gasteiger partial charge in [0.15, 0.2) is 17.3 Å². The Morgan fingerprint density at radius 2 is 1.91 bits per heavy atom. The van der Waals surface area contributed by atoms with Crippen molar-refractivity contribution in [3.63, 3.8) is 0 Å². The Labute approximate surface area is 128 Å². The summed E-state index contributed by atoms with van der Waals surface area (Å²) >= 11 is 0. The Hall–Kier alpha value is -2.08.